The predicted octanol–water partition coefficient (Wildman–Crippen LogP) is 16.0. The summed E-state index contributed by atoms with van der Waals surface area (Å²) in [7, 11) is 0. The lowest BCUT2D eigenvalue weighted by Crippen LogP contribution is -2.30. The summed E-state index contributed by atoms with van der Waals surface area (Å²) in [5, 5.41) is 0. The number of unbranched alkanes of at least 4 members (excludes halogenated alkanes) is 18. The van der Waals surface area contributed by atoms with Crippen LogP contribution in [0.3, 0.4) is 0 Å². The van der Waals surface area contributed by atoms with Crippen molar-refractivity contribution in [3.63, 3.8) is 0 Å². The Labute approximate surface area is 374 Å². The highest BCUT2D eigenvalue weighted by molar-refractivity contribution is 5.71. The molecule has 0 radical (unpaired) electrons. The fourth-order valence-electron chi connectivity index (χ4n) is 6.31. The molecule has 0 heterocycles. The van der Waals surface area contributed by atoms with E-state index in [4.69, 9.17) is 14.2 Å². The van der Waals surface area contributed by atoms with Gasteiger partial charge < -0.3 is 14.2 Å². The van der Waals surface area contributed by atoms with Crippen molar-refractivity contribution >= 4 is 17.9 Å². The first-order valence-corrected chi connectivity index (χ1v) is 24.5. The van der Waals surface area contributed by atoms with Crippen LogP contribution in [0.1, 0.15) is 201 Å². The van der Waals surface area contributed by atoms with Crippen LogP contribution in [-0.2, 0) is 28.6 Å². The molecule has 0 fully saturated rings. The smallest absolute Gasteiger partial charge is 0.306 e. The van der Waals surface area contributed by atoms with Gasteiger partial charge in [0.1, 0.15) is 13.2 Å². The van der Waals surface area contributed by atoms with E-state index in [-0.39, 0.29) is 31.1 Å². The summed E-state index contributed by atoms with van der Waals surface area (Å²) in [4.78, 5) is 37.9. The predicted molar refractivity (Wildman–Crippen MR) is 260 cm³/mol. The first-order valence-electron chi connectivity index (χ1n) is 24.5. The second-order valence-electron chi connectivity index (χ2n) is 15.8. The number of rotatable bonds is 42. The largest absolute Gasteiger partial charge is 0.462 e. The van der Waals surface area contributed by atoms with Crippen molar-refractivity contribution in [2.24, 2.45) is 0 Å². The zero-order chi connectivity index (χ0) is 44.4. The Morgan fingerprint density at radius 3 is 1.23 bits per heavy atom. The van der Waals surface area contributed by atoms with Gasteiger partial charge in [0.25, 0.3) is 0 Å². The van der Waals surface area contributed by atoms with Crippen molar-refractivity contribution in [1.82, 2.24) is 0 Å². The number of hydrogen-bond donors (Lipinski definition) is 0. The Balaban J connectivity index is 4.53. The van der Waals surface area contributed by atoms with Crippen molar-refractivity contribution in [2.75, 3.05) is 13.2 Å². The van der Waals surface area contributed by atoms with E-state index in [1.54, 1.807) is 0 Å². The van der Waals surface area contributed by atoms with E-state index in [0.717, 1.165) is 89.9 Å². The van der Waals surface area contributed by atoms with Crippen LogP contribution < -0.4 is 0 Å². The molecule has 0 N–H and O–H groups in total. The maximum atomic E-state index is 12.8. The molecule has 0 bridgehead atoms. The van der Waals surface area contributed by atoms with E-state index in [9.17, 15) is 14.4 Å². The molecule has 0 aliphatic rings. The van der Waals surface area contributed by atoms with Gasteiger partial charge in [0.15, 0.2) is 6.10 Å². The maximum Gasteiger partial charge on any atom is 0.306 e. The first-order chi connectivity index (χ1) is 30.0. The average Bonchev–Trinajstić information content (AvgIpc) is 3.26. The van der Waals surface area contributed by atoms with Gasteiger partial charge in [0.2, 0.25) is 0 Å². The van der Waals surface area contributed by atoms with Crippen LogP contribution in [-0.4, -0.2) is 37.2 Å². The van der Waals surface area contributed by atoms with E-state index < -0.39 is 6.10 Å². The molecular formula is C55H88O6. The lowest BCUT2D eigenvalue weighted by atomic mass is 10.0. The van der Waals surface area contributed by atoms with E-state index in [1.807, 2.05) is 60.8 Å². The topological polar surface area (TPSA) is 78.9 Å². The fraction of sp³-hybridized carbons (Fsp3) is 0.618. The van der Waals surface area contributed by atoms with E-state index in [2.05, 4.69) is 69.4 Å². The lowest BCUT2D eigenvalue weighted by molar-refractivity contribution is -0.167. The van der Waals surface area contributed by atoms with Crippen LogP contribution in [0.2, 0.25) is 0 Å². The van der Waals surface area contributed by atoms with E-state index in [1.165, 1.54) is 70.6 Å². The first kappa shape index (κ1) is 57.1. The Hall–Kier alpha value is -3.93. The fourth-order valence-corrected chi connectivity index (χ4v) is 6.31. The van der Waals surface area contributed by atoms with Gasteiger partial charge in [0.05, 0.1) is 0 Å². The van der Waals surface area contributed by atoms with Crippen LogP contribution in [0.5, 0.6) is 0 Å². The third-order valence-electron chi connectivity index (χ3n) is 9.93. The minimum atomic E-state index is -0.811. The molecule has 61 heavy (non-hydrogen) atoms. The van der Waals surface area contributed by atoms with E-state index >= 15 is 0 Å². The van der Waals surface area contributed by atoms with Gasteiger partial charge in [-0.15, -0.1) is 0 Å². The quantitative estimate of drug-likeness (QED) is 0.0200. The number of hydrogen-bond acceptors (Lipinski definition) is 6. The lowest BCUT2D eigenvalue weighted by Gasteiger charge is -2.18. The molecule has 1 unspecified atom stereocenters. The molecule has 0 aromatic carbocycles. The highest BCUT2D eigenvalue weighted by Crippen LogP contribution is 2.14. The molecule has 0 aliphatic carbocycles. The van der Waals surface area contributed by atoms with E-state index in [0.29, 0.717) is 19.3 Å². The van der Waals surface area contributed by atoms with Crippen LogP contribution in [0.4, 0.5) is 0 Å². The minimum Gasteiger partial charge on any atom is -0.462 e. The molecule has 6 nitrogen and oxygen atoms in total. The Morgan fingerprint density at radius 2 is 0.721 bits per heavy atom. The third kappa shape index (κ3) is 47.0. The van der Waals surface area contributed by atoms with Gasteiger partial charge in [-0.25, -0.2) is 0 Å². The van der Waals surface area contributed by atoms with Crippen molar-refractivity contribution in [1.29, 1.82) is 0 Å². The van der Waals surface area contributed by atoms with Gasteiger partial charge in [-0.3, -0.25) is 14.4 Å². The number of esters is 3. The van der Waals surface area contributed by atoms with Gasteiger partial charge in [-0.2, -0.15) is 0 Å². The van der Waals surface area contributed by atoms with Crippen LogP contribution in [0, 0.1) is 0 Å². The van der Waals surface area contributed by atoms with Gasteiger partial charge >= 0.3 is 17.9 Å². The summed E-state index contributed by atoms with van der Waals surface area (Å²) in [6.07, 6.45) is 65.0. The Morgan fingerprint density at radius 1 is 0.361 bits per heavy atom. The Kier molecular flexibility index (Phi) is 45.6. The summed E-state index contributed by atoms with van der Waals surface area (Å²) in [5.74, 6) is -0.999. The van der Waals surface area contributed by atoms with Crippen LogP contribution in [0.15, 0.2) is 109 Å². The van der Waals surface area contributed by atoms with Crippen molar-refractivity contribution < 1.29 is 28.6 Å². The second kappa shape index (κ2) is 48.7. The summed E-state index contributed by atoms with van der Waals surface area (Å²) >= 11 is 0. The van der Waals surface area contributed by atoms with Crippen molar-refractivity contribution in [2.45, 2.75) is 207 Å². The summed E-state index contributed by atoms with van der Waals surface area (Å²) in [5.41, 5.74) is 0. The summed E-state index contributed by atoms with van der Waals surface area (Å²) in [6, 6.07) is 0. The zero-order valence-corrected chi connectivity index (χ0v) is 39.1. The molecule has 0 aromatic heterocycles. The minimum absolute atomic E-state index is 0.113. The highest BCUT2D eigenvalue weighted by atomic mass is 16.6. The zero-order valence-electron chi connectivity index (χ0n) is 39.1. The molecule has 0 aliphatic heterocycles. The molecule has 1 atom stereocenters. The van der Waals surface area contributed by atoms with Gasteiger partial charge in [-0.1, -0.05) is 220 Å². The Bertz CT molecular complexity index is 1290. The number of ether oxygens (including phenoxy) is 3. The molecule has 344 valence electrons. The summed E-state index contributed by atoms with van der Waals surface area (Å²) < 4.78 is 16.7. The number of allylic oxidation sites excluding steroid dienone is 18. The van der Waals surface area contributed by atoms with Crippen molar-refractivity contribution in [3.8, 4) is 0 Å². The SMILES string of the molecule is CC\C=C/C=C\C=C/C=C\C=C\C=C/CCCCCC(=O)OCC(COC(=O)CCCC/C=C\C/C=C\C/C=C\CC)OC(=O)CCCCCCCCCCCCCCCC. The molecule has 0 saturated heterocycles. The molecule has 0 spiro atoms. The third-order valence-corrected chi connectivity index (χ3v) is 9.93. The highest BCUT2D eigenvalue weighted by Gasteiger charge is 2.19. The van der Waals surface area contributed by atoms with Crippen molar-refractivity contribution in [3.05, 3.63) is 109 Å². The molecule has 6 heteroatoms. The summed E-state index contributed by atoms with van der Waals surface area (Å²) in [6.45, 7) is 6.29. The number of carbonyl (C=O) groups is 3. The monoisotopic (exact) mass is 845 g/mol. The molecule has 0 amide bonds. The molecule has 0 rings (SSSR count). The average molecular weight is 845 g/mol. The maximum absolute atomic E-state index is 12.8. The van der Waals surface area contributed by atoms with Gasteiger partial charge in [-0.05, 0) is 70.6 Å². The van der Waals surface area contributed by atoms with Crippen LogP contribution >= 0.6 is 0 Å². The molecule has 0 aromatic rings. The normalized spacial score (nSPS) is 13.0. The standard InChI is InChI=1S/C55H88O6/c1-4-7-10-13-16-19-22-25-27-28-29-31-33-36-39-42-45-48-54(57)60-51-52(50-59-53(56)47-44-41-38-35-32-24-21-18-15-12-9-6-3)61-55(58)49-46-43-40-37-34-30-26-23-20-17-14-11-8-5-2/h7,9-10,12-13,16,18-19,21-22,25,27-29,31-33,35,52H,4-6,8,11,14-15,17,20,23-24,26,30,34,36-51H2,1-3H3/b10-7-,12-9-,16-13-,21-18-,22-19-,27-25-,29-28+,33-31-,35-32-. The second-order valence-corrected chi connectivity index (χ2v) is 15.8. The van der Waals surface area contributed by atoms with Crippen LogP contribution in [0.25, 0.3) is 0 Å². The number of carbonyl (C=O) groups excluding carboxylic acids is 3. The molecule has 0 saturated carbocycles. The van der Waals surface area contributed by atoms with Gasteiger partial charge in [0, 0.05) is 19.3 Å². The molecular weight excluding hydrogens is 757 g/mol.